The van der Waals surface area contributed by atoms with Gasteiger partial charge in [-0.1, -0.05) is 13.3 Å². The molecule has 2 aliphatic rings. The van der Waals surface area contributed by atoms with Gasteiger partial charge in [0, 0.05) is 37.2 Å². The van der Waals surface area contributed by atoms with E-state index in [1.807, 2.05) is 4.90 Å². The molecule has 0 aromatic rings. The highest BCUT2D eigenvalue weighted by molar-refractivity contribution is 7.99. The van der Waals surface area contributed by atoms with E-state index in [0.717, 1.165) is 50.4 Å². The molecule has 0 aromatic carbocycles. The molecule has 2 aliphatic heterocycles. The van der Waals surface area contributed by atoms with Gasteiger partial charge in [0.1, 0.15) is 0 Å². The molecule has 0 aliphatic carbocycles. The Kier molecular flexibility index (Phi) is 6.16. The lowest BCUT2D eigenvalue weighted by Crippen LogP contribution is -2.51. The number of amides is 2. The van der Waals surface area contributed by atoms with E-state index in [4.69, 9.17) is 0 Å². The smallest absolute Gasteiger partial charge is 0.238 e. The van der Waals surface area contributed by atoms with Crippen LogP contribution in [0.4, 0.5) is 0 Å². The Morgan fingerprint density at radius 3 is 2.70 bits per heavy atom. The molecule has 0 bridgehead atoms. The van der Waals surface area contributed by atoms with E-state index in [9.17, 15) is 9.59 Å². The Labute approximate surface area is 125 Å². The van der Waals surface area contributed by atoms with Crippen molar-refractivity contribution in [3.05, 3.63) is 0 Å². The van der Waals surface area contributed by atoms with E-state index >= 15 is 0 Å². The molecule has 0 aromatic heterocycles. The average Bonchev–Trinajstić information content (AvgIpc) is 3.00. The fourth-order valence-electron chi connectivity index (χ4n) is 2.62. The predicted molar refractivity (Wildman–Crippen MR) is 81.5 cm³/mol. The number of hydrogen-bond donors (Lipinski definition) is 2. The first-order valence-electron chi connectivity index (χ1n) is 7.60. The van der Waals surface area contributed by atoms with Gasteiger partial charge in [-0.05, 0) is 19.3 Å². The number of likely N-dealkylation sites (tertiary alicyclic amines) is 1. The number of unbranched alkanes of at least 4 members (excludes halogenated alkanes) is 1. The molecule has 2 amide bonds. The van der Waals surface area contributed by atoms with Gasteiger partial charge in [-0.15, -0.1) is 11.8 Å². The minimum absolute atomic E-state index is 0.0378. The number of carbonyl (C=O) groups excluding carboxylic acids is 2. The topological polar surface area (TPSA) is 61.4 Å². The fourth-order valence-corrected chi connectivity index (χ4v) is 3.57. The third-order valence-corrected chi connectivity index (χ3v) is 4.91. The average molecular weight is 299 g/mol. The van der Waals surface area contributed by atoms with Crippen LogP contribution in [0.15, 0.2) is 0 Å². The molecule has 2 rings (SSSR count). The summed E-state index contributed by atoms with van der Waals surface area (Å²) in [6.45, 7) is 3.66. The van der Waals surface area contributed by atoms with Crippen LogP contribution in [0.1, 0.15) is 39.0 Å². The van der Waals surface area contributed by atoms with Crippen LogP contribution in [0.2, 0.25) is 0 Å². The molecule has 2 fully saturated rings. The normalized spacial score (nSPS) is 23.9. The zero-order chi connectivity index (χ0) is 14.4. The van der Waals surface area contributed by atoms with Gasteiger partial charge in [0.2, 0.25) is 11.8 Å². The monoisotopic (exact) mass is 299 g/mol. The second kappa shape index (κ2) is 7.88. The lowest BCUT2D eigenvalue weighted by molar-refractivity contribution is -0.132. The van der Waals surface area contributed by atoms with E-state index < -0.39 is 0 Å². The second-order valence-electron chi connectivity index (χ2n) is 5.54. The molecule has 2 N–H and O–H groups in total. The highest BCUT2D eigenvalue weighted by atomic mass is 32.2. The van der Waals surface area contributed by atoms with E-state index in [1.165, 1.54) is 0 Å². The first kappa shape index (κ1) is 15.6. The molecule has 20 heavy (non-hydrogen) atoms. The Hall–Kier alpha value is -0.750. The minimum Gasteiger partial charge on any atom is -0.352 e. The highest BCUT2D eigenvalue weighted by Crippen LogP contribution is 2.14. The summed E-state index contributed by atoms with van der Waals surface area (Å²) in [5.74, 6) is 2.11. The number of piperidine rings is 1. The molecular weight excluding hydrogens is 274 g/mol. The van der Waals surface area contributed by atoms with Crippen molar-refractivity contribution in [2.75, 3.05) is 24.7 Å². The molecule has 2 heterocycles. The number of hydrogen-bond acceptors (Lipinski definition) is 4. The van der Waals surface area contributed by atoms with E-state index in [0.29, 0.717) is 6.42 Å². The Morgan fingerprint density at radius 2 is 2.10 bits per heavy atom. The highest BCUT2D eigenvalue weighted by Gasteiger charge is 2.27. The van der Waals surface area contributed by atoms with Crippen molar-refractivity contribution in [1.29, 1.82) is 0 Å². The summed E-state index contributed by atoms with van der Waals surface area (Å²) in [7, 11) is 0. The molecule has 1 atom stereocenters. The molecule has 6 heteroatoms. The van der Waals surface area contributed by atoms with Crippen LogP contribution in [0.3, 0.4) is 0 Å². The molecule has 0 radical (unpaired) electrons. The number of carbonyl (C=O) groups is 2. The molecule has 0 saturated carbocycles. The van der Waals surface area contributed by atoms with Gasteiger partial charge in [-0.25, -0.2) is 0 Å². The molecule has 2 saturated heterocycles. The SMILES string of the molecule is CCCCC(=O)N1CCC(NC(=O)C2CSCN2)CC1. The van der Waals surface area contributed by atoms with Crippen LogP contribution in [0.25, 0.3) is 0 Å². The van der Waals surface area contributed by atoms with Crippen LogP contribution in [0, 0.1) is 0 Å². The summed E-state index contributed by atoms with van der Waals surface area (Å²) in [6, 6.07) is 0.189. The maximum absolute atomic E-state index is 12.0. The molecule has 1 unspecified atom stereocenters. The van der Waals surface area contributed by atoms with Gasteiger partial charge in [0.25, 0.3) is 0 Å². The number of nitrogens with zero attached hydrogens (tertiary/aromatic N) is 1. The zero-order valence-corrected chi connectivity index (χ0v) is 13.0. The molecule has 5 nitrogen and oxygen atoms in total. The lowest BCUT2D eigenvalue weighted by atomic mass is 10.0. The van der Waals surface area contributed by atoms with Crippen molar-refractivity contribution in [2.45, 2.75) is 51.1 Å². The second-order valence-corrected chi connectivity index (χ2v) is 6.57. The summed E-state index contributed by atoms with van der Waals surface area (Å²) in [4.78, 5) is 25.9. The van der Waals surface area contributed by atoms with Gasteiger partial charge in [-0.3, -0.25) is 14.9 Å². The number of nitrogens with one attached hydrogen (secondary N) is 2. The van der Waals surface area contributed by atoms with Crippen LogP contribution < -0.4 is 10.6 Å². The van der Waals surface area contributed by atoms with Crippen LogP contribution >= 0.6 is 11.8 Å². The van der Waals surface area contributed by atoms with E-state index in [1.54, 1.807) is 11.8 Å². The van der Waals surface area contributed by atoms with Crippen LogP contribution in [-0.4, -0.2) is 53.5 Å². The van der Waals surface area contributed by atoms with Crippen molar-refractivity contribution in [3.8, 4) is 0 Å². The summed E-state index contributed by atoms with van der Waals surface area (Å²) in [5, 5.41) is 6.29. The van der Waals surface area contributed by atoms with Crippen LogP contribution in [-0.2, 0) is 9.59 Å². The number of rotatable bonds is 5. The summed E-state index contributed by atoms with van der Waals surface area (Å²) < 4.78 is 0. The molecule has 0 spiro atoms. The first-order valence-corrected chi connectivity index (χ1v) is 8.75. The number of thioether (sulfide) groups is 1. The zero-order valence-electron chi connectivity index (χ0n) is 12.2. The quantitative estimate of drug-likeness (QED) is 0.793. The van der Waals surface area contributed by atoms with Crippen molar-refractivity contribution in [2.24, 2.45) is 0 Å². The summed E-state index contributed by atoms with van der Waals surface area (Å²) in [5.41, 5.74) is 0. The fraction of sp³-hybridized carbons (Fsp3) is 0.857. The van der Waals surface area contributed by atoms with Crippen molar-refractivity contribution < 1.29 is 9.59 Å². The van der Waals surface area contributed by atoms with Gasteiger partial charge < -0.3 is 10.2 Å². The van der Waals surface area contributed by atoms with Gasteiger partial charge in [0.05, 0.1) is 6.04 Å². The Bertz CT molecular complexity index is 337. The van der Waals surface area contributed by atoms with Crippen LogP contribution in [0.5, 0.6) is 0 Å². The minimum atomic E-state index is -0.0378. The lowest BCUT2D eigenvalue weighted by Gasteiger charge is -2.33. The largest absolute Gasteiger partial charge is 0.352 e. The maximum Gasteiger partial charge on any atom is 0.238 e. The Morgan fingerprint density at radius 1 is 1.35 bits per heavy atom. The molecule has 114 valence electrons. The predicted octanol–water partition coefficient (Wildman–Crippen LogP) is 0.946. The van der Waals surface area contributed by atoms with Crippen molar-refractivity contribution >= 4 is 23.6 Å². The molecular formula is C14H25N3O2S. The van der Waals surface area contributed by atoms with E-state index in [2.05, 4.69) is 17.6 Å². The van der Waals surface area contributed by atoms with E-state index in [-0.39, 0.29) is 23.9 Å². The first-order chi connectivity index (χ1) is 9.70. The summed E-state index contributed by atoms with van der Waals surface area (Å²) in [6.07, 6.45) is 4.45. The van der Waals surface area contributed by atoms with Crippen molar-refractivity contribution in [1.82, 2.24) is 15.5 Å². The Balaban J connectivity index is 1.68. The van der Waals surface area contributed by atoms with Gasteiger partial charge in [-0.2, -0.15) is 0 Å². The third-order valence-electron chi connectivity index (χ3n) is 3.97. The maximum atomic E-state index is 12.0. The standard InChI is InChI=1S/C14H25N3O2S/c1-2-3-4-13(18)17-7-5-11(6-8-17)16-14(19)12-9-20-10-15-12/h11-12,15H,2-10H2,1H3,(H,16,19). The van der Waals surface area contributed by atoms with Crippen molar-refractivity contribution in [3.63, 3.8) is 0 Å². The van der Waals surface area contributed by atoms with Gasteiger partial charge >= 0.3 is 0 Å². The van der Waals surface area contributed by atoms with Gasteiger partial charge in [0.15, 0.2) is 0 Å². The summed E-state index contributed by atoms with van der Waals surface area (Å²) >= 11 is 1.76. The third kappa shape index (κ3) is 4.38.